The second kappa shape index (κ2) is 6.81. The van der Waals surface area contributed by atoms with Crippen LogP contribution in [0.5, 0.6) is 0 Å². The van der Waals surface area contributed by atoms with Crippen LogP contribution in [0.15, 0.2) is 48.7 Å². The van der Waals surface area contributed by atoms with Crippen LogP contribution in [0.3, 0.4) is 0 Å². The molecule has 3 heterocycles. The minimum Gasteiger partial charge on any atom is -0.412 e. The van der Waals surface area contributed by atoms with Crippen LogP contribution in [0.1, 0.15) is 12.2 Å². The molecule has 0 unspecified atom stereocenters. The largest absolute Gasteiger partial charge is 0.412 e. The number of halogens is 1. The van der Waals surface area contributed by atoms with Gasteiger partial charge in [-0.1, -0.05) is 36.4 Å². The Morgan fingerprint density at radius 2 is 1.91 bits per heavy atom. The van der Waals surface area contributed by atoms with E-state index in [0.29, 0.717) is 0 Å². The van der Waals surface area contributed by atoms with Gasteiger partial charge in [-0.2, -0.15) is 0 Å². The van der Waals surface area contributed by atoms with E-state index in [1.54, 1.807) is 0 Å². The fraction of sp³-hybridized carbons (Fsp3) is 0.176. The smallest absolute Gasteiger partial charge is 0.162 e. The minimum atomic E-state index is 0. The fourth-order valence-electron chi connectivity index (χ4n) is 2.74. The van der Waals surface area contributed by atoms with Crippen molar-refractivity contribution in [2.45, 2.75) is 13.3 Å². The van der Waals surface area contributed by atoms with Crippen molar-refractivity contribution in [3.8, 4) is 22.6 Å². The highest BCUT2D eigenvalue weighted by Gasteiger charge is 2.21. The summed E-state index contributed by atoms with van der Waals surface area (Å²) >= 11 is 0. The van der Waals surface area contributed by atoms with Crippen molar-refractivity contribution in [3.05, 3.63) is 54.5 Å². The molecule has 0 amide bonds. The van der Waals surface area contributed by atoms with Crippen LogP contribution in [-0.4, -0.2) is 27.0 Å². The zero-order valence-corrected chi connectivity index (χ0v) is 13.6. The van der Waals surface area contributed by atoms with E-state index in [1.807, 2.05) is 25.1 Å². The lowest BCUT2D eigenvalue weighted by Gasteiger charge is -2.17. The maximum absolute atomic E-state index is 4.80. The van der Waals surface area contributed by atoms with Gasteiger partial charge in [0.1, 0.15) is 11.5 Å². The quantitative estimate of drug-likeness (QED) is 0.783. The number of benzene rings is 1. The Morgan fingerprint density at radius 3 is 2.61 bits per heavy atom. The van der Waals surface area contributed by atoms with E-state index in [4.69, 9.17) is 4.98 Å². The van der Waals surface area contributed by atoms with Gasteiger partial charge in [-0.25, -0.2) is 9.97 Å². The lowest BCUT2D eigenvalue weighted by molar-refractivity contribution is 0.824. The molecule has 0 spiro atoms. The summed E-state index contributed by atoms with van der Waals surface area (Å²) < 4.78 is 0. The van der Waals surface area contributed by atoms with E-state index in [1.165, 1.54) is 0 Å². The van der Waals surface area contributed by atoms with Crippen molar-refractivity contribution >= 4 is 18.2 Å². The first-order chi connectivity index (χ1) is 10.3. The number of H-pyrrole nitrogens is 1. The molecule has 0 aromatic heterocycles. The number of aromatic nitrogens is 3. The molecular formula is C17H19ClN4O. The zero-order valence-electron chi connectivity index (χ0n) is 12.8. The summed E-state index contributed by atoms with van der Waals surface area (Å²) in [6.07, 6.45) is 5.33. The van der Waals surface area contributed by atoms with Crippen LogP contribution in [0.25, 0.3) is 22.6 Å². The predicted molar refractivity (Wildman–Crippen MR) is 95.1 cm³/mol. The van der Waals surface area contributed by atoms with E-state index in [-0.39, 0.29) is 17.9 Å². The first-order valence-corrected chi connectivity index (χ1v) is 7.17. The molecular weight excluding hydrogens is 312 g/mol. The second-order valence-electron chi connectivity index (χ2n) is 5.28. The van der Waals surface area contributed by atoms with Gasteiger partial charge in [0.05, 0.1) is 11.4 Å². The van der Waals surface area contributed by atoms with E-state index >= 15 is 0 Å². The molecule has 3 aliphatic heterocycles. The number of hydrogen-bond donors (Lipinski definition) is 1. The van der Waals surface area contributed by atoms with Crippen LogP contribution in [0.4, 0.5) is 5.82 Å². The van der Waals surface area contributed by atoms with Gasteiger partial charge in [0, 0.05) is 18.3 Å². The number of aromatic amines is 1. The van der Waals surface area contributed by atoms with E-state index in [2.05, 4.69) is 45.3 Å². The topological polar surface area (TPSA) is 76.3 Å². The molecule has 5 nitrogen and oxygen atoms in total. The predicted octanol–water partition coefficient (Wildman–Crippen LogP) is 3.21. The number of rotatable bonds is 2. The Bertz CT molecular complexity index is 785. The molecule has 0 atom stereocenters. The SMILES string of the molecule is Cc1nc(N2C=CCC2)c2nc(-c3ccccc3)cc-2[nH]1.Cl.O. The molecule has 6 heteroatoms. The van der Waals surface area contributed by atoms with Gasteiger partial charge in [-0.15, -0.1) is 12.4 Å². The van der Waals surface area contributed by atoms with Gasteiger partial charge in [0.15, 0.2) is 5.82 Å². The monoisotopic (exact) mass is 330 g/mol. The fourth-order valence-corrected chi connectivity index (χ4v) is 2.74. The molecule has 3 aliphatic rings. The molecule has 3 N–H and O–H groups in total. The van der Waals surface area contributed by atoms with Gasteiger partial charge in [0.25, 0.3) is 0 Å². The van der Waals surface area contributed by atoms with Gasteiger partial charge in [-0.3, -0.25) is 0 Å². The lowest BCUT2D eigenvalue weighted by Crippen LogP contribution is -2.16. The molecule has 1 aromatic rings. The molecule has 1 aromatic carbocycles. The van der Waals surface area contributed by atoms with Crippen LogP contribution >= 0.6 is 12.4 Å². The Labute approximate surface area is 141 Å². The van der Waals surface area contributed by atoms with Crippen LogP contribution in [-0.2, 0) is 0 Å². The Morgan fingerprint density at radius 1 is 1.13 bits per heavy atom. The average molecular weight is 331 g/mol. The van der Waals surface area contributed by atoms with Crippen molar-refractivity contribution in [1.29, 1.82) is 0 Å². The number of nitrogens with one attached hydrogen (secondary N) is 1. The third-order valence-corrected chi connectivity index (χ3v) is 3.73. The number of aryl methyl sites for hydroxylation is 1. The van der Waals surface area contributed by atoms with Gasteiger partial charge < -0.3 is 15.4 Å². The first kappa shape index (κ1) is 17.0. The van der Waals surface area contributed by atoms with E-state index in [0.717, 1.165) is 47.3 Å². The summed E-state index contributed by atoms with van der Waals surface area (Å²) in [5.74, 6) is 1.85. The van der Waals surface area contributed by atoms with Crippen molar-refractivity contribution in [2.24, 2.45) is 0 Å². The van der Waals surface area contributed by atoms with Crippen LogP contribution in [0.2, 0.25) is 0 Å². The Hall–Kier alpha value is -2.37. The highest BCUT2D eigenvalue weighted by Crippen LogP contribution is 2.34. The van der Waals surface area contributed by atoms with Crippen molar-refractivity contribution in [2.75, 3.05) is 11.4 Å². The normalized spacial score (nSPS) is 13.0. The summed E-state index contributed by atoms with van der Waals surface area (Å²) in [7, 11) is 0. The highest BCUT2D eigenvalue weighted by atomic mass is 35.5. The molecule has 4 rings (SSSR count). The summed E-state index contributed by atoms with van der Waals surface area (Å²) in [5.41, 5.74) is 4.09. The van der Waals surface area contributed by atoms with Crippen LogP contribution < -0.4 is 4.90 Å². The third kappa shape index (κ3) is 3.06. The highest BCUT2D eigenvalue weighted by molar-refractivity contribution is 5.85. The minimum absolute atomic E-state index is 0. The van der Waals surface area contributed by atoms with Crippen molar-refractivity contribution in [3.63, 3.8) is 0 Å². The first-order valence-electron chi connectivity index (χ1n) is 7.17. The lowest BCUT2D eigenvalue weighted by atomic mass is 10.1. The molecule has 0 bridgehead atoms. The number of nitrogens with zero attached hydrogens (tertiary/aromatic N) is 3. The maximum Gasteiger partial charge on any atom is 0.162 e. The van der Waals surface area contributed by atoms with Gasteiger partial charge >= 0.3 is 0 Å². The van der Waals surface area contributed by atoms with Crippen molar-refractivity contribution in [1.82, 2.24) is 15.0 Å². The summed E-state index contributed by atoms with van der Waals surface area (Å²) in [4.78, 5) is 14.9. The Balaban J connectivity index is 0.000000960. The molecule has 0 saturated heterocycles. The molecule has 0 radical (unpaired) electrons. The van der Waals surface area contributed by atoms with Crippen LogP contribution in [0, 0.1) is 6.92 Å². The molecule has 23 heavy (non-hydrogen) atoms. The van der Waals surface area contributed by atoms with Gasteiger partial charge in [-0.05, 0) is 19.4 Å². The van der Waals surface area contributed by atoms with Gasteiger partial charge in [0.2, 0.25) is 0 Å². The third-order valence-electron chi connectivity index (χ3n) is 3.73. The average Bonchev–Trinajstić information content (AvgIpc) is 3.16. The molecule has 0 saturated carbocycles. The summed E-state index contributed by atoms with van der Waals surface area (Å²) in [6.45, 7) is 2.96. The van der Waals surface area contributed by atoms with E-state index in [9.17, 15) is 0 Å². The summed E-state index contributed by atoms with van der Waals surface area (Å²) in [5, 5.41) is 0. The zero-order chi connectivity index (χ0) is 14.2. The number of fused-ring (bicyclic) bond motifs is 1. The van der Waals surface area contributed by atoms with E-state index < -0.39 is 0 Å². The number of anilines is 1. The maximum atomic E-state index is 4.80. The summed E-state index contributed by atoms with van der Waals surface area (Å²) in [6, 6.07) is 12.3. The molecule has 120 valence electrons. The second-order valence-corrected chi connectivity index (χ2v) is 5.28. The standard InChI is InChI=1S/C17H16N4.ClH.H2O/c1-12-18-15-11-14(13-7-3-2-4-8-13)20-16(15)17(19-12)21-9-5-6-10-21;;/h2-5,7-9,11H,6,10H2,1H3,(H,18,19);1H;1H2. The number of hydrogen-bond acceptors (Lipinski definition) is 3. The Kier molecular flexibility index (Phi) is 5.03. The van der Waals surface area contributed by atoms with Crippen molar-refractivity contribution < 1.29 is 5.48 Å². The molecule has 0 aliphatic carbocycles. The molecule has 0 fully saturated rings.